The highest BCUT2D eigenvalue weighted by atomic mass is 19.1. The number of ether oxygens (including phenoxy) is 1. The van der Waals surface area contributed by atoms with E-state index < -0.39 is 17.6 Å². The minimum atomic E-state index is -1.40. The maximum atomic E-state index is 14.6. The van der Waals surface area contributed by atoms with Crippen molar-refractivity contribution in [3.8, 4) is 11.3 Å². The summed E-state index contributed by atoms with van der Waals surface area (Å²) in [4.78, 5) is 19.5. The minimum Gasteiger partial charge on any atom is -0.375 e. The highest BCUT2D eigenvalue weighted by molar-refractivity contribution is 5.78. The number of benzene rings is 2. The van der Waals surface area contributed by atoms with Gasteiger partial charge in [-0.2, -0.15) is 0 Å². The molecule has 8 heteroatoms. The van der Waals surface area contributed by atoms with Crippen molar-refractivity contribution in [1.82, 2.24) is 14.5 Å². The van der Waals surface area contributed by atoms with Crippen LogP contribution in [-0.2, 0) is 16.1 Å². The van der Waals surface area contributed by atoms with E-state index in [4.69, 9.17) is 15.5 Å². The lowest BCUT2D eigenvalue weighted by molar-refractivity contribution is -0.141. The Morgan fingerprint density at radius 3 is 2.49 bits per heavy atom. The molecule has 35 heavy (non-hydrogen) atoms. The zero-order valence-electron chi connectivity index (χ0n) is 20.7. The number of hydrogen-bond acceptors (Lipinski definition) is 4. The van der Waals surface area contributed by atoms with Crippen LogP contribution in [0.1, 0.15) is 38.2 Å². The lowest BCUT2D eigenvalue weighted by Gasteiger charge is -2.40. The Balaban J connectivity index is 2.18. The Morgan fingerprint density at radius 2 is 1.89 bits per heavy atom. The Bertz CT molecular complexity index is 1110. The highest BCUT2D eigenvalue weighted by Crippen LogP contribution is 2.39. The number of imidazole rings is 1. The summed E-state index contributed by atoms with van der Waals surface area (Å²) in [5.74, 6) is -0.145. The van der Waals surface area contributed by atoms with Crippen molar-refractivity contribution in [2.24, 2.45) is 11.1 Å². The molecule has 2 aromatic carbocycles. The number of carbonyl (C=O) groups is 1. The van der Waals surface area contributed by atoms with E-state index in [9.17, 15) is 13.6 Å². The molecule has 0 saturated heterocycles. The van der Waals surface area contributed by atoms with Gasteiger partial charge in [0.15, 0.2) is 0 Å². The van der Waals surface area contributed by atoms with Crippen molar-refractivity contribution in [3.05, 3.63) is 78.0 Å². The lowest BCUT2D eigenvalue weighted by atomic mass is 9.84. The third kappa shape index (κ3) is 6.74. The molecule has 1 amide bonds. The Hall–Kier alpha value is -3.10. The third-order valence-corrected chi connectivity index (χ3v) is 5.74. The van der Waals surface area contributed by atoms with E-state index in [-0.39, 0.29) is 31.4 Å². The van der Waals surface area contributed by atoms with E-state index >= 15 is 0 Å². The predicted molar refractivity (Wildman–Crippen MR) is 133 cm³/mol. The van der Waals surface area contributed by atoms with Gasteiger partial charge in [0.1, 0.15) is 24.4 Å². The second-order valence-electron chi connectivity index (χ2n) is 9.69. The summed E-state index contributed by atoms with van der Waals surface area (Å²) in [6.07, 6.45) is 0.450. The van der Waals surface area contributed by atoms with Crippen molar-refractivity contribution >= 4 is 5.91 Å². The van der Waals surface area contributed by atoms with E-state index in [1.54, 1.807) is 12.1 Å². The topological polar surface area (TPSA) is 73.4 Å². The SMILES string of the molecule is COCC(=O)N(CC(F)CN)[C@@H](c1nc(-c2cccc(F)c2)cn1Cc1ccccc1)C(C)(C)C. The second-order valence-corrected chi connectivity index (χ2v) is 9.69. The molecule has 0 radical (unpaired) electrons. The van der Waals surface area contributed by atoms with Crippen molar-refractivity contribution in [3.63, 3.8) is 0 Å². The summed E-state index contributed by atoms with van der Waals surface area (Å²) in [5.41, 5.74) is 7.27. The molecule has 1 heterocycles. The molecule has 188 valence electrons. The van der Waals surface area contributed by atoms with E-state index in [1.165, 1.54) is 24.1 Å². The molecule has 0 fully saturated rings. The number of nitrogens with zero attached hydrogens (tertiary/aromatic N) is 3. The van der Waals surface area contributed by atoms with E-state index in [2.05, 4.69) is 0 Å². The van der Waals surface area contributed by atoms with Crippen LogP contribution in [-0.4, -0.2) is 53.3 Å². The molecule has 2 atom stereocenters. The molecule has 0 aliphatic carbocycles. The molecule has 0 bridgehead atoms. The van der Waals surface area contributed by atoms with Gasteiger partial charge in [-0.1, -0.05) is 63.2 Å². The van der Waals surface area contributed by atoms with Crippen LogP contribution in [0.15, 0.2) is 60.8 Å². The maximum Gasteiger partial charge on any atom is 0.249 e. The fraction of sp³-hybridized carbons (Fsp3) is 0.407. The average Bonchev–Trinajstić information content (AvgIpc) is 3.21. The summed E-state index contributed by atoms with van der Waals surface area (Å²) in [6.45, 7) is 5.82. The average molecular weight is 485 g/mol. The van der Waals surface area contributed by atoms with Crippen LogP contribution in [0, 0.1) is 11.2 Å². The smallest absolute Gasteiger partial charge is 0.249 e. The number of rotatable bonds is 10. The monoisotopic (exact) mass is 484 g/mol. The van der Waals surface area contributed by atoms with E-state index in [0.717, 1.165) is 5.56 Å². The summed E-state index contributed by atoms with van der Waals surface area (Å²) < 4.78 is 35.6. The molecule has 0 aliphatic rings. The molecule has 0 aliphatic heterocycles. The number of halogens is 2. The Labute approximate surface area is 205 Å². The number of carbonyl (C=O) groups excluding carboxylic acids is 1. The molecule has 3 rings (SSSR count). The van der Waals surface area contributed by atoms with Crippen LogP contribution in [0.2, 0.25) is 0 Å². The lowest BCUT2D eigenvalue weighted by Crippen LogP contribution is -2.47. The molecule has 0 spiro atoms. The van der Waals surface area contributed by atoms with Crippen LogP contribution in [0.3, 0.4) is 0 Å². The maximum absolute atomic E-state index is 14.6. The molecule has 0 saturated carbocycles. The summed E-state index contributed by atoms with van der Waals surface area (Å²) in [5, 5.41) is 0. The van der Waals surface area contributed by atoms with Gasteiger partial charge in [0.25, 0.3) is 0 Å². The van der Waals surface area contributed by atoms with Crippen LogP contribution in [0.25, 0.3) is 11.3 Å². The molecule has 1 aromatic heterocycles. The van der Waals surface area contributed by atoms with E-state index in [0.29, 0.717) is 23.6 Å². The normalized spacial score (nSPS) is 13.5. The van der Waals surface area contributed by atoms with Crippen molar-refractivity contribution in [2.75, 3.05) is 26.8 Å². The van der Waals surface area contributed by atoms with Crippen LogP contribution >= 0.6 is 0 Å². The Kier molecular flexibility index (Phi) is 8.75. The number of amides is 1. The number of nitrogens with two attached hydrogens (primary N) is 1. The number of alkyl halides is 1. The van der Waals surface area contributed by atoms with E-state index in [1.807, 2.05) is 61.9 Å². The first-order valence-corrected chi connectivity index (χ1v) is 11.6. The molecule has 3 aromatic rings. The molecule has 2 N–H and O–H groups in total. The van der Waals surface area contributed by atoms with Gasteiger partial charge in [0.05, 0.1) is 18.3 Å². The minimum absolute atomic E-state index is 0.186. The summed E-state index contributed by atoms with van der Waals surface area (Å²) >= 11 is 0. The third-order valence-electron chi connectivity index (χ3n) is 5.74. The van der Waals surface area contributed by atoms with Gasteiger partial charge in [-0.15, -0.1) is 0 Å². The molecular formula is C27H34F2N4O2. The largest absolute Gasteiger partial charge is 0.375 e. The number of methoxy groups -OCH3 is 1. The zero-order valence-corrected chi connectivity index (χ0v) is 20.7. The van der Waals surface area contributed by atoms with Gasteiger partial charge >= 0.3 is 0 Å². The quantitative estimate of drug-likeness (QED) is 0.457. The van der Waals surface area contributed by atoms with Crippen LogP contribution in [0.5, 0.6) is 0 Å². The number of hydrogen-bond donors (Lipinski definition) is 1. The zero-order chi connectivity index (χ0) is 25.6. The highest BCUT2D eigenvalue weighted by Gasteiger charge is 2.39. The first-order valence-electron chi connectivity index (χ1n) is 11.6. The van der Waals surface area contributed by atoms with Gasteiger partial charge in [0, 0.05) is 32.0 Å². The fourth-order valence-corrected chi connectivity index (χ4v) is 4.18. The standard InChI is InChI=1S/C27H34F2N4O2/c1-27(2,3)25(33(16-22(29)14-30)24(34)18-35-4)26-31-23(20-11-8-12-21(28)13-20)17-32(26)15-19-9-6-5-7-10-19/h5-13,17,22,25H,14-16,18,30H2,1-4H3/t22?,25-/m0/s1. The van der Waals surface area contributed by atoms with Crippen LogP contribution in [0.4, 0.5) is 8.78 Å². The van der Waals surface area contributed by atoms with Gasteiger partial charge in [0.2, 0.25) is 5.91 Å². The summed E-state index contributed by atoms with van der Waals surface area (Å²) in [7, 11) is 1.43. The first kappa shape index (κ1) is 26.5. The molecule has 1 unspecified atom stereocenters. The van der Waals surface area contributed by atoms with Crippen molar-refractivity contribution in [2.45, 2.75) is 39.5 Å². The van der Waals surface area contributed by atoms with Gasteiger partial charge in [-0.3, -0.25) is 4.79 Å². The van der Waals surface area contributed by atoms with Gasteiger partial charge < -0.3 is 19.9 Å². The Morgan fingerprint density at radius 1 is 1.17 bits per heavy atom. The second kappa shape index (κ2) is 11.6. The van der Waals surface area contributed by atoms with Crippen molar-refractivity contribution < 1.29 is 18.3 Å². The molecular weight excluding hydrogens is 450 g/mol. The molecule has 6 nitrogen and oxygen atoms in total. The van der Waals surface area contributed by atoms with Gasteiger partial charge in [-0.05, 0) is 23.1 Å². The van der Waals surface area contributed by atoms with Crippen LogP contribution < -0.4 is 5.73 Å². The first-order chi connectivity index (χ1) is 16.6. The number of aromatic nitrogens is 2. The van der Waals surface area contributed by atoms with Gasteiger partial charge in [-0.25, -0.2) is 13.8 Å². The van der Waals surface area contributed by atoms with Crippen molar-refractivity contribution in [1.29, 1.82) is 0 Å². The predicted octanol–water partition coefficient (Wildman–Crippen LogP) is 4.60. The summed E-state index contributed by atoms with van der Waals surface area (Å²) in [6, 6.07) is 15.4. The fourth-order valence-electron chi connectivity index (χ4n) is 4.18.